The van der Waals surface area contributed by atoms with Crippen molar-refractivity contribution in [2.24, 2.45) is 15.3 Å². The smallest absolute Gasteiger partial charge is 0.318 e. The normalized spacial score (nSPS) is 12.7. The Labute approximate surface area is 141 Å². The van der Waals surface area contributed by atoms with E-state index < -0.39 is 10.2 Å². The molecule has 132 valence electrons. The number of amidine groups is 1. The number of pyridine rings is 1. The van der Waals surface area contributed by atoms with Gasteiger partial charge in [0, 0.05) is 12.6 Å². The molecule has 2 aromatic rings. The number of fused-ring (bicyclic) bond motifs is 1. The molecule has 9 heteroatoms. The van der Waals surface area contributed by atoms with Gasteiger partial charge in [0.25, 0.3) is 0 Å². The van der Waals surface area contributed by atoms with Gasteiger partial charge in [-0.2, -0.15) is 8.42 Å². The zero-order chi connectivity index (χ0) is 17.7. The molecule has 0 unspecified atom stereocenters. The van der Waals surface area contributed by atoms with Gasteiger partial charge in [-0.25, -0.2) is 10.1 Å². The number of ether oxygens (including phenoxy) is 1. The van der Waals surface area contributed by atoms with Gasteiger partial charge in [-0.05, 0) is 25.5 Å². The summed E-state index contributed by atoms with van der Waals surface area (Å²) in [5.41, 5.74) is 7.83. The lowest BCUT2D eigenvalue weighted by Gasteiger charge is -2.08. The van der Waals surface area contributed by atoms with Crippen molar-refractivity contribution >= 4 is 21.7 Å². The predicted octanol–water partition coefficient (Wildman–Crippen LogP) is 1.31. The van der Waals surface area contributed by atoms with Gasteiger partial charge in [0.2, 0.25) is 0 Å². The first-order valence-corrected chi connectivity index (χ1v) is 9.28. The third-order valence-corrected chi connectivity index (χ3v) is 4.00. The summed E-state index contributed by atoms with van der Waals surface area (Å²) < 4.78 is 33.0. The predicted molar refractivity (Wildman–Crippen MR) is 93.4 cm³/mol. The molecule has 0 saturated heterocycles. The molecule has 0 saturated carbocycles. The van der Waals surface area contributed by atoms with Crippen molar-refractivity contribution in [1.29, 1.82) is 0 Å². The molecule has 24 heavy (non-hydrogen) atoms. The van der Waals surface area contributed by atoms with E-state index >= 15 is 0 Å². The van der Waals surface area contributed by atoms with E-state index in [0.29, 0.717) is 18.0 Å². The molecule has 0 bridgehead atoms. The number of aromatic nitrogens is 2. The van der Waals surface area contributed by atoms with Crippen molar-refractivity contribution in [2.75, 3.05) is 6.61 Å². The summed E-state index contributed by atoms with van der Waals surface area (Å²) in [6, 6.07) is 3.71. The molecule has 4 N–H and O–H groups in total. The molecule has 0 atom stereocenters. The van der Waals surface area contributed by atoms with E-state index in [1.807, 2.05) is 29.7 Å². The number of unbranched alkanes of at least 4 members (excludes halogenated alkanes) is 2. The maximum absolute atomic E-state index is 11.0. The summed E-state index contributed by atoms with van der Waals surface area (Å²) >= 11 is 0. The number of hydrogen-bond donors (Lipinski definition) is 2. The molecule has 2 aromatic heterocycles. The maximum atomic E-state index is 11.0. The summed E-state index contributed by atoms with van der Waals surface area (Å²) in [5, 5.41) is 4.88. The van der Waals surface area contributed by atoms with Gasteiger partial charge in [-0.3, -0.25) is 0 Å². The molecular weight excluding hydrogens is 330 g/mol. The van der Waals surface area contributed by atoms with Crippen LogP contribution in [-0.2, 0) is 16.6 Å². The molecule has 0 aromatic carbocycles. The first-order valence-electron chi connectivity index (χ1n) is 7.78. The highest BCUT2D eigenvalue weighted by molar-refractivity contribution is 7.88. The number of rotatable bonds is 8. The molecular formula is C15H23N5O3S. The standard InChI is InChI=1S/C15H23N5O3S/c1-3-4-5-9-23-13-7-6-8-20-12(11(2)18-15(13)20)10-14(16)19-24(17,21)22/h6-8H,3-5,9-10H2,1-2H3,(H2,16,19)(H2,17,21,22). The van der Waals surface area contributed by atoms with Crippen LogP contribution in [0.3, 0.4) is 0 Å². The van der Waals surface area contributed by atoms with Crippen molar-refractivity contribution in [3.8, 4) is 5.75 Å². The Kier molecular flexibility index (Phi) is 5.79. The average Bonchev–Trinajstić information content (AvgIpc) is 2.79. The monoisotopic (exact) mass is 353 g/mol. The zero-order valence-electron chi connectivity index (χ0n) is 13.9. The molecule has 0 fully saturated rings. The summed E-state index contributed by atoms with van der Waals surface area (Å²) in [5.74, 6) is 0.599. The molecule has 0 spiro atoms. The fourth-order valence-electron chi connectivity index (χ4n) is 2.43. The summed E-state index contributed by atoms with van der Waals surface area (Å²) in [6.45, 7) is 4.59. The highest BCUT2D eigenvalue weighted by atomic mass is 32.2. The van der Waals surface area contributed by atoms with E-state index in [2.05, 4.69) is 16.3 Å². The van der Waals surface area contributed by atoms with E-state index in [-0.39, 0.29) is 12.3 Å². The van der Waals surface area contributed by atoms with Crippen LogP contribution in [0.5, 0.6) is 5.75 Å². The number of aryl methyl sites for hydroxylation is 1. The lowest BCUT2D eigenvalue weighted by molar-refractivity contribution is 0.308. The van der Waals surface area contributed by atoms with Crippen LogP contribution in [0, 0.1) is 6.92 Å². The van der Waals surface area contributed by atoms with E-state index in [9.17, 15) is 8.42 Å². The lowest BCUT2D eigenvalue weighted by atomic mass is 10.2. The minimum atomic E-state index is -4.01. The third-order valence-electron chi connectivity index (χ3n) is 3.51. The van der Waals surface area contributed by atoms with Gasteiger partial charge < -0.3 is 14.9 Å². The number of imidazole rings is 1. The Morgan fingerprint density at radius 2 is 2.17 bits per heavy atom. The average molecular weight is 353 g/mol. The second-order valence-corrected chi connectivity index (χ2v) is 6.75. The van der Waals surface area contributed by atoms with E-state index in [4.69, 9.17) is 15.6 Å². The third kappa shape index (κ3) is 4.68. The van der Waals surface area contributed by atoms with Gasteiger partial charge in [0.1, 0.15) is 5.84 Å². The second kappa shape index (κ2) is 7.63. The molecule has 0 radical (unpaired) electrons. The van der Waals surface area contributed by atoms with Gasteiger partial charge in [-0.1, -0.05) is 19.8 Å². The van der Waals surface area contributed by atoms with Crippen molar-refractivity contribution in [1.82, 2.24) is 9.38 Å². The largest absolute Gasteiger partial charge is 0.490 e. The Bertz CT molecular complexity index is 842. The maximum Gasteiger partial charge on any atom is 0.318 e. The van der Waals surface area contributed by atoms with Crippen LogP contribution in [0.15, 0.2) is 22.7 Å². The minimum absolute atomic E-state index is 0.0864. The van der Waals surface area contributed by atoms with Crippen LogP contribution in [0.1, 0.15) is 37.6 Å². The summed E-state index contributed by atoms with van der Waals surface area (Å²) in [7, 11) is -4.01. The highest BCUT2D eigenvalue weighted by Gasteiger charge is 2.14. The molecule has 2 rings (SSSR count). The number of nitrogens with two attached hydrogens (primary N) is 2. The molecule has 0 aliphatic heterocycles. The molecule has 0 amide bonds. The van der Waals surface area contributed by atoms with E-state index in [1.54, 1.807) is 0 Å². The molecule has 0 aliphatic rings. The van der Waals surface area contributed by atoms with Crippen LogP contribution < -0.4 is 15.6 Å². The molecule has 8 nitrogen and oxygen atoms in total. The van der Waals surface area contributed by atoms with Crippen LogP contribution in [0.2, 0.25) is 0 Å². The summed E-state index contributed by atoms with van der Waals surface area (Å²) in [6.07, 6.45) is 5.18. The topological polar surface area (TPSA) is 125 Å². The van der Waals surface area contributed by atoms with Crippen LogP contribution in [-0.4, -0.2) is 30.2 Å². The van der Waals surface area contributed by atoms with Crippen molar-refractivity contribution < 1.29 is 13.2 Å². The van der Waals surface area contributed by atoms with Gasteiger partial charge in [0.15, 0.2) is 11.4 Å². The Balaban J connectivity index is 2.29. The molecule has 0 aliphatic carbocycles. The van der Waals surface area contributed by atoms with Crippen molar-refractivity contribution in [3.63, 3.8) is 0 Å². The summed E-state index contributed by atoms with van der Waals surface area (Å²) in [4.78, 5) is 4.51. The highest BCUT2D eigenvalue weighted by Crippen LogP contribution is 2.22. The van der Waals surface area contributed by atoms with E-state index in [1.165, 1.54) is 0 Å². The SMILES string of the molecule is CCCCCOc1cccn2c(CC(N)=NS(N)(=O)=O)c(C)nc12. The fourth-order valence-corrected chi connectivity index (χ4v) is 2.82. The Morgan fingerprint density at radius 1 is 1.42 bits per heavy atom. The number of nitrogens with zero attached hydrogens (tertiary/aromatic N) is 3. The van der Waals surface area contributed by atoms with Gasteiger partial charge in [-0.15, -0.1) is 4.40 Å². The van der Waals surface area contributed by atoms with Crippen molar-refractivity contribution in [3.05, 3.63) is 29.7 Å². The van der Waals surface area contributed by atoms with Gasteiger partial charge in [0.05, 0.1) is 18.0 Å². The fraction of sp³-hybridized carbons (Fsp3) is 0.467. The van der Waals surface area contributed by atoms with Crippen LogP contribution >= 0.6 is 0 Å². The van der Waals surface area contributed by atoms with Gasteiger partial charge >= 0.3 is 10.2 Å². The Hall–Kier alpha value is -2.13. The first kappa shape index (κ1) is 18.2. The minimum Gasteiger partial charge on any atom is -0.490 e. The number of hydrogen-bond acceptors (Lipinski definition) is 4. The zero-order valence-corrected chi connectivity index (χ0v) is 14.7. The quantitative estimate of drug-likeness (QED) is 0.420. The molecule has 2 heterocycles. The van der Waals surface area contributed by atoms with E-state index in [0.717, 1.165) is 30.7 Å². The van der Waals surface area contributed by atoms with Crippen LogP contribution in [0.4, 0.5) is 0 Å². The lowest BCUT2D eigenvalue weighted by Crippen LogP contribution is -2.21. The Morgan fingerprint density at radius 3 is 2.83 bits per heavy atom. The van der Waals surface area contributed by atoms with Crippen LogP contribution in [0.25, 0.3) is 5.65 Å². The van der Waals surface area contributed by atoms with Crippen molar-refractivity contribution in [2.45, 2.75) is 39.5 Å². The second-order valence-electron chi connectivity index (χ2n) is 5.54. The first-order chi connectivity index (χ1) is 11.3.